The summed E-state index contributed by atoms with van der Waals surface area (Å²) in [5, 5.41) is 5.33. The summed E-state index contributed by atoms with van der Waals surface area (Å²) in [4.78, 5) is 22.9. The number of esters is 1. The van der Waals surface area contributed by atoms with E-state index in [2.05, 4.69) is 29.2 Å². The number of rotatable bonds is 4. The van der Waals surface area contributed by atoms with Gasteiger partial charge in [-0.15, -0.1) is 0 Å². The van der Waals surface area contributed by atoms with Gasteiger partial charge in [0.2, 0.25) is 0 Å². The minimum atomic E-state index is -0.406. The number of urea groups is 1. The summed E-state index contributed by atoms with van der Waals surface area (Å²) in [6, 6.07) is 6.15. The number of nitrogens with one attached hydrogen (secondary N) is 2. The van der Waals surface area contributed by atoms with E-state index in [0.29, 0.717) is 17.2 Å². The van der Waals surface area contributed by atoms with E-state index in [0.717, 1.165) is 5.57 Å². The van der Waals surface area contributed by atoms with Crippen molar-refractivity contribution >= 4 is 17.7 Å². The minimum absolute atomic E-state index is 0.323. The van der Waals surface area contributed by atoms with Crippen molar-refractivity contribution < 1.29 is 14.3 Å². The molecular formula is C15H20N2O3. The Morgan fingerprint density at radius 3 is 2.30 bits per heavy atom. The molecule has 0 fully saturated rings. The maximum absolute atomic E-state index is 11.7. The second kappa shape index (κ2) is 7.33. The number of benzene rings is 1. The van der Waals surface area contributed by atoms with Gasteiger partial charge in [0.15, 0.2) is 0 Å². The number of allylic oxidation sites excluding steroid dienone is 1. The van der Waals surface area contributed by atoms with Gasteiger partial charge in [0.05, 0.1) is 12.7 Å². The van der Waals surface area contributed by atoms with Gasteiger partial charge in [0.25, 0.3) is 0 Å². The maximum Gasteiger partial charge on any atom is 0.337 e. The van der Waals surface area contributed by atoms with Crippen molar-refractivity contribution in [2.45, 2.75) is 20.8 Å². The zero-order valence-corrected chi connectivity index (χ0v) is 12.2. The second-order valence-electron chi connectivity index (χ2n) is 4.71. The van der Waals surface area contributed by atoms with Crippen molar-refractivity contribution in [2.24, 2.45) is 5.92 Å². The smallest absolute Gasteiger partial charge is 0.337 e. The number of hydrogen-bond donors (Lipinski definition) is 2. The van der Waals surface area contributed by atoms with Crippen LogP contribution >= 0.6 is 0 Å². The van der Waals surface area contributed by atoms with Crippen LogP contribution in [-0.2, 0) is 4.74 Å². The summed E-state index contributed by atoms with van der Waals surface area (Å²) < 4.78 is 4.60. The van der Waals surface area contributed by atoms with E-state index in [1.54, 1.807) is 30.5 Å². The average molecular weight is 276 g/mol. The Hall–Kier alpha value is -2.30. The van der Waals surface area contributed by atoms with Crippen LogP contribution in [0.1, 0.15) is 31.1 Å². The highest BCUT2D eigenvalue weighted by molar-refractivity contribution is 5.92. The molecule has 0 atom stereocenters. The Morgan fingerprint density at radius 2 is 1.80 bits per heavy atom. The molecule has 0 saturated heterocycles. The van der Waals surface area contributed by atoms with Gasteiger partial charge in [-0.3, -0.25) is 0 Å². The highest BCUT2D eigenvalue weighted by Gasteiger charge is 2.05. The lowest BCUT2D eigenvalue weighted by Crippen LogP contribution is -2.24. The van der Waals surface area contributed by atoms with Gasteiger partial charge < -0.3 is 15.4 Å². The van der Waals surface area contributed by atoms with Crippen LogP contribution in [0, 0.1) is 5.92 Å². The molecule has 0 aliphatic carbocycles. The van der Waals surface area contributed by atoms with Crippen LogP contribution in [0.2, 0.25) is 0 Å². The molecule has 1 aromatic carbocycles. The van der Waals surface area contributed by atoms with Crippen molar-refractivity contribution in [3.8, 4) is 0 Å². The zero-order valence-electron chi connectivity index (χ0n) is 12.2. The molecule has 0 radical (unpaired) electrons. The molecular weight excluding hydrogens is 256 g/mol. The van der Waals surface area contributed by atoms with E-state index in [4.69, 9.17) is 0 Å². The SMILES string of the molecule is COC(=O)c1ccc(NC(=O)N/C=C(\C)C(C)C)cc1. The number of carbonyl (C=O) groups is 2. The topological polar surface area (TPSA) is 67.4 Å². The van der Waals surface area contributed by atoms with E-state index in [1.807, 2.05) is 6.92 Å². The highest BCUT2D eigenvalue weighted by atomic mass is 16.5. The Kier molecular flexibility index (Phi) is 5.77. The molecule has 5 heteroatoms. The Balaban J connectivity index is 2.59. The third-order valence-corrected chi connectivity index (χ3v) is 2.91. The molecule has 0 aliphatic heterocycles. The second-order valence-corrected chi connectivity index (χ2v) is 4.71. The van der Waals surface area contributed by atoms with Crippen LogP contribution in [0.15, 0.2) is 36.0 Å². The number of hydrogen-bond acceptors (Lipinski definition) is 3. The molecule has 5 nitrogen and oxygen atoms in total. The molecule has 0 spiro atoms. The quantitative estimate of drug-likeness (QED) is 0.830. The third kappa shape index (κ3) is 4.76. The van der Waals surface area contributed by atoms with Gasteiger partial charge in [-0.1, -0.05) is 19.4 Å². The average Bonchev–Trinajstić information content (AvgIpc) is 2.44. The Labute approximate surface area is 119 Å². The summed E-state index contributed by atoms with van der Waals surface area (Å²) in [6.07, 6.45) is 1.68. The predicted octanol–water partition coefficient (Wildman–Crippen LogP) is 3.15. The van der Waals surface area contributed by atoms with Crippen LogP contribution in [0.25, 0.3) is 0 Å². The molecule has 0 bridgehead atoms. The minimum Gasteiger partial charge on any atom is -0.465 e. The summed E-state index contributed by atoms with van der Waals surface area (Å²) in [5.74, 6) is -0.0221. The van der Waals surface area contributed by atoms with E-state index in [-0.39, 0.29) is 6.03 Å². The lowest BCUT2D eigenvalue weighted by atomic mass is 10.1. The van der Waals surface area contributed by atoms with E-state index in [1.165, 1.54) is 7.11 Å². The first-order chi connectivity index (χ1) is 9.43. The number of anilines is 1. The maximum atomic E-state index is 11.7. The summed E-state index contributed by atoms with van der Waals surface area (Å²) in [6.45, 7) is 6.06. The van der Waals surface area contributed by atoms with Crippen LogP contribution in [0.3, 0.4) is 0 Å². The van der Waals surface area contributed by atoms with E-state index in [9.17, 15) is 9.59 Å². The van der Waals surface area contributed by atoms with Gasteiger partial charge >= 0.3 is 12.0 Å². The van der Waals surface area contributed by atoms with Crippen molar-refractivity contribution in [1.29, 1.82) is 0 Å². The van der Waals surface area contributed by atoms with Gasteiger partial charge in [0, 0.05) is 11.9 Å². The normalized spacial score (nSPS) is 11.2. The molecule has 108 valence electrons. The van der Waals surface area contributed by atoms with Gasteiger partial charge in [-0.05, 0) is 37.1 Å². The molecule has 2 amide bonds. The van der Waals surface area contributed by atoms with Crippen LogP contribution in [0.5, 0.6) is 0 Å². The standard InChI is InChI=1S/C15H20N2O3/c1-10(2)11(3)9-16-15(19)17-13-7-5-12(6-8-13)14(18)20-4/h5-10H,1-4H3,(H2,16,17,19)/b11-9+. The monoisotopic (exact) mass is 276 g/mol. The van der Waals surface area contributed by atoms with E-state index < -0.39 is 5.97 Å². The summed E-state index contributed by atoms with van der Waals surface area (Å²) in [7, 11) is 1.32. The first-order valence-electron chi connectivity index (χ1n) is 6.36. The Morgan fingerprint density at radius 1 is 1.20 bits per heavy atom. The highest BCUT2D eigenvalue weighted by Crippen LogP contribution is 2.10. The van der Waals surface area contributed by atoms with Gasteiger partial charge in [0.1, 0.15) is 0 Å². The summed E-state index contributed by atoms with van der Waals surface area (Å²) >= 11 is 0. The van der Waals surface area contributed by atoms with E-state index >= 15 is 0 Å². The fourth-order valence-electron chi connectivity index (χ4n) is 1.32. The lowest BCUT2D eigenvalue weighted by Gasteiger charge is -2.08. The predicted molar refractivity (Wildman–Crippen MR) is 78.5 cm³/mol. The molecule has 0 heterocycles. The molecule has 2 N–H and O–H groups in total. The van der Waals surface area contributed by atoms with Crippen molar-refractivity contribution in [1.82, 2.24) is 5.32 Å². The molecule has 0 saturated carbocycles. The lowest BCUT2D eigenvalue weighted by molar-refractivity contribution is 0.0601. The van der Waals surface area contributed by atoms with Crippen molar-refractivity contribution in [3.63, 3.8) is 0 Å². The number of methoxy groups -OCH3 is 1. The zero-order chi connectivity index (χ0) is 15.1. The fraction of sp³-hybridized carbons (Fsp3) is 0.333. The number of carbonyl (C=O) groups excluding carboxylic acids is 2. The first kappa shape index (κ1) is 15.8. The Bertz CT molecular complexity index is 504. The van der Waals surface area contributed by atoms with Crippen LogP contribution in [-0.4, -0.2) is 19.1 Å². The van der Waals surface area contributed by atoms with Crippen molar-refractivity contribution in [2.75, 3.05) is 12.4 Å². The number of ether oxygens (including phenoxy) is 1. The van der Waals surface area contributed by atoms with Crippen LogP contribution in [0.4, 0.5) is 10.5 Å². The summed E-state index contributed by atoms with van der Waals surface area (Å²) in [5.41, 5.74) is 2.13. The van der Waals surface area contributed by atoms with Crippen molar-refractivity contribution in [3.05, 3.63) is 41.6 Å². The third-order valence-electron chi connectivity index (χ3n) is 2.91. The first-order valence-corrected chi connectivity index (χ1v) is 6.36. The molecule has 1 aromatic rings. The van der Waals surface area contributed by atoms with Gasteiger partial charge in [-0.25, -0.2) is 9.59 Å². The molecule has 0 unspecified atom stereocenters. The molecule has 1 rings (SSSR count). The molecule has 20 heavy (non-hydrogen) atoms. The molecule has 0 aromatic heterocycles. The molecule has 0 aliphatic rings. The largest absolute Gasteiger partial charge is 0.465 e. The fourth-order valence-corrected chi connectivity index (χ4v) is 1.32. The van der Waals surface area contributed by atoms with Crippen LogP contribution < -0.4 is 10.6 Å². The van der Waals surface area contributed by atoms with Gasteiger partial charge in [-0.2, -0.15) is 0 Å². The number of amides is 2.